The van der Waals surface area contributed by atoms with Gasteiger partial charge in [0.1, 0.15) is 0 Å². The number of methoxy groups -OCH3 is 1. The average Bonchev–Trinajstić information content (AvgIpc) is 2.40. The summed E-state index contributed by atoms with van der Waals surface area (Å²) in [4.78, 5) is 12.0. The molecule has 0 unspecified atom stereocenters. The number of ether oxygens (including phenoxy) is 1. The van der Waals surface area contributed by atoms with Crippen molar-refractivity contribution in [2.24, 2.45) is 0 Å². The summed E-state index contributed by atoms with van der Waals surface area (Å²) in [7, 11) is 1.51. The molecule has 0 aliphatic heterocycles. The number of benzene rings is 1. The minimum absolute atomic E-state index is 0.201. The zero-order valence-corrected chi connectivity index (χ0v) is 10.2. The van der Waals surface area contributed by atoms with E-state index in [0.29, 0.717) is 17.3 Å². The van der Waals surface area contributed by atoms with Gasteiger partial charge in [0.15, 0.2) is 5.82 Å². The van der Waals surface area contributed by atoms with E-state index in [9.17, 15) is 4.79 Å². The zero-order valence-electron chi connectivity index (χ0n) is 10.2. The molecule has 0 bridgehead atoms. The number of amides is 1. The smallest absolute Gasteiger partial charge is 0.257 e. The first kappa shape index (κ1) is 12.0. The summed E-state index contributed by atoms with van der Waals surface area (Å²) >= 11 is 0. The van der Waals surface area contributed by atoms with Gasteiger partial charge >= 0.3 is 0 Å². The normalized spacial score (nSPS) is 9.89. The van der Waals surface area contributed by atoms with Crippen molar-refractivity contribution >= 4 is 11.7 Å². The lowest BCUT2D eigenvalue weighted by molar-refractivity contribution is 0.102. The third-order valence-corrected chi connectivity index (χ3v) is 2.48. The van der Waals surface area contributed by atoms with Gasteiger partial charge < -0.3 is 10.1 Å². The highest BCUT2D eigenvalue weighted by atomic mass is 16.5. The van der Waals surface area contributed by atoms with Gasteiger partial charge in [-0.3, -0.25) is 4.79 Å². The maximum absolute atomic E-state index is 12.0. The van der Waals surface area contributed by atoms with Crippen LogP contribution < -0.4 is 10.1 Å². The van der Waals surface area contributed by atoms with Crippen molar-refractivity contribution in [2.75, 3.05) is 12.4 Å². The van der Waals surface area contributed by atoms with Gasteiger partial charge in [0.05, 0.1) is 7.11 Å². The van der Waals surface area contributed by atoms with Crippen LogP contribution in [0.5, 0.6) is 5.88 Å². The molecule has 0 aliphatic rings. The van der Waals surface area contributed by atoms with Crippen LogP contribution in [0.3, 0.4) is 0 Å². The first-order chi connectivity index (χ1) is 8.70. The summed E-state index contributed by atoms with van der Waals surface area (Å²) in [6.07, 6.45) is 0. The Kier molecular flexibility index (Phi) is 3.52. The molecule has 0 atom stereocenters. The van der Waals surface area contributed by atoms with Crippen molar-refractivity contribution in [3.8, 4) is 5.88 Å². The fourth-order valence-corrected chi connectivity index (χ4v) is 1.51. The molecule has 0 saturated heterocycles. The predicted molar refractivity (Wildman–Crippen MR) is 67.7 cm³/mol. The number of hydrogen-bond donors (Lipinski definition) is 1. The van der Waals surface area contributed by atoms with Crippen LogP contribution in [0.25, 0.3) is 0 Å². The second-order valence-corrected chi connectivity index (χ2v) is 3.73. The third kappa shape index (κ3) is 2.63. The molecule has 0 saturated carbocycles. The molecule has 1 aromatic carbocycles. The first-order valence-electron chi connectivity index (χ1n) is 5.45. The van der Waals surface area contributed by atoms with E-state index in [2.05, 4.69) is 15.5 Å². The Labute approximate surface area is 105 Å². The second kappa shape index (κ2) is 5.27. The van der Waals surface area contributed by atoms with Gasteiger partial charge in [0, 0.05) is 11.6 Å². The maximum atomic E-state index is 12.0. The lowest BCUT2D eigenvalue weighted by atomic mass is 10.1. The molecule has 0 radical (unpaired) electrons. The molecule has 1 N–H and O–H groups in total. The molecule has 18 heavy (non-hydrogen) atoms. The van der Waals surface area contributed by atoms with Crippen molar-refractivity contribution in [3.05, 3.63) is 47.5 Å². The number of rotatable bonds is 3. The summed E-state index contributed by atoms with van der Waals surface area (Å²) in [5.74, 6) is 0.598. The largest absolute Gasteiger partial charge is 0.480 e. The Morgan fingerprint density at radius 1 is 1.17 bits per heavy atom. The lowest BCUT2D eigenvalue weighted by Crippen LogP contribution is -2.14. The highest BCUT2D eigenvalue weighted by molar-refractivity contribution is 6.04. The van der Waals surface area contributed by atoms with Gasteiger partial charge in [-0.1, -0.05) is 18.2 Å². The van der Waals surface area contributed by atoms with E-state index >= 15 is 0 Å². The van der Waals surface area contributed by atoms with Crippen molar-refractivity contribution in [2.45, 2.75) is 6.92 Å². The van der Waals surface area contributed by atoms with E-state index < -0.39 is 0 Å². The van der Waals surface area contributed by atoms with Crippen molar-refractivity contribution in [1.82, 2.24) is 10.2 Å². The average molecular weight is 243 g/mol. The number of anilines is 1. The van der Waals surface area contributed by atoms with Gasteiger partial charge in [-0.15, -0.1) is 10.2 Å². The van der Waals surface area contributed by atoms with E-state index in [1.165, 1.54) is 7.11 Å². The standard InChI is InChI=1S/C13H13N3O2/c1-9-5-3-4-6-10(9)13(17)14-11-7-8-12(18-2)16-15-11/h3-8H,1-2H3,(H,14,15,17). The fourth-order valence-electron chi connectivity index (χ4n) is 1.51. The Hall–Kier alpha value is -2.43. The quantitative estimate of drug-likeness (QED) is 0.896. The highest BCUT2D eigenvalue weighted by Crippen LogP contribution is 2.11. The highest BCUT2D eigenvalue weighted by Gasteiger charge is 2.09. The topological polar surface area (TPSA) is 64.1 Å². The number of carbonyl (C=O) groups is 1. The second-order valence-electron chi connectivity index (χ2n) is 3.73. The van der Waals surface area contributed by atoms with E-state index in [1.54, 1.807) is 18.2 Å². The zero-order chi connectivity index (χ0) is 13.0. The summed E-state index contributed by atoms with van der Waals surface area (Å²) in [6, 6.07) is 10.6. The number of nitrogens with one attached hydrogen (secondary N) is 1. The molecule has 1 heterocycles. The van der Waals surface area contributed by atoms with Crippen LogP contribution in [0.1, 0.15) is 15.9 Å². The van der Waals surface area contributed by atoms with E-state index in [0.717, 1.165) is 5.56 Å². The fraction of sp³-hybridized carbons (Fsp3) is 0.154. The summed E-state index contributed by atoms with van der Waals surface area (Å²) < 4.78 is 4.89. The summed E-state index contributed by atoms with van der Waals surface area (Å²) in [6.45, 7) is 1.88. The number of aryl methyl sites for hydroxylation is 1. The van der Waals surface area contributed by atoms with Crippen LogP contribution in [0.4, 0.5) is 5.82 Å². The van der Waals surface area contributed by atoms with Crippen LogP contribution in [-0.4, -0.2) is 23.2 Å². The molecule has 2 aromatic rings. The van der Waals surface area contributed by atoms with E-state index in [1.807, 2.05) is 25.1 Å². The molecule has 5 nitrogen and oxygen atoms in total. The Balaban J connectivity index is 2.14. The molecular weight excluding hydrogens is 230 g/mol. The van der Waals surface area contributed by atoms with Gasteiger partial charge in [-0.2, -0.15) is 0 Å². The molecule has 0 aliphatic carbocycles. The molecule has 0 spiro atoms. The van der Waals surface area contributed by atoms with Gasteiger partial charge in [-0.05, 0) is 24.6 Å². The van der Waals surface area contributed by atoms with Crippen LogP contribution in [0, 0.1) is 6.92 Å². The molecule has 1 aromatic heterocycles. The SMILES string of the molecule is COc1ccc(NC(=O)c2ccccc2C)nn1. The molecule has 92 valence electrons. The predicted octanol–water partition coefficient (Wildman–Crippen LogP) is 2.05. The van der Waals surface area contributed by atoms with E-state index in [-0.39, 0.29) is 5.91 Å². The Bertz CT molecular complexity index is 552. The molecule has 1 amide bonds. The number of aromatic nitrogens is 2. The van der Waals surface area contributed by atoms with Gasteiger partial charge in [0.25, 0.3) is 5.91 Å². The first-order valence-corrected chi connectivity index (χ1v) is 5.45. The molecular formula is C13H13N3O2. The molecule has 5 heteroatoms. The van der Waals surface area contributed by atoms with Crippen LogP contribution >= 0.6 is 0 Å². The molecule has 2 rings (SSSR count). The summed E-state index contributed by atoms with van der Waals surface area (Å²) in [5.41, 5.74) is 1.53. The lowest BCUT2D eigenvalue weighted by Gasteiger charge is -2.06. The minimum Gasteiger partial charge on any atom is -0.480 e. The number of hydrogen-bond acceptors (Lipinski definition) is 4. The third-order valence-electron chi connectivity index (χ3n) is 2.48. The molecule has 0 fully saturated rings. The van der Waals surface area contributed by atoms with Crippen LogP contribution in [0.15, 0.2) is 36.4 Å². The van der Waals surface area contributed by atoms with E-state index in [4.69, 9.17) is 4.74 Å². The van der Waals surface area contributed by atoms with Crippen molar-refractivity contribution in [3.63, 3.8) is 0 Å². The van der Waals surface area contributed by atoms with Gasteiger partial charge in [0.2, 0.25) is 5.88 Å². The van der Waals surface area contributed by atoms with Crippen molar-refractivity contribution in [1.29, 1.82) is 0 Å². The Morgan fingerprint density at radius 3 is 2.56 bits per heavy atom. The summed E-state index contributed by atoms with van der Waals surface area (Å²) in [5, 5.41) is 10.3. The maximum Gasteiger partial charge on any atom is 0.257 e. The Morgan fingerprint density at radius 2 is 1.94 bits per heavy atom. The number of nitrogens with zero attached hydrogens (tertiary/aromatic N) is 2. The van der Waals surface area contributed by atoms with Crippen LogP contribution in [0.2, 0.25) is 0 Å². The van der Waals surface area contributed by atoms with Crippen LogP contribution in [-0.2, 0) is 0 Å². The number of carbonyl (C=O) groups excluding carboxylic acids is 1. The van der Waals surface area contributed by atoms with Crippen molar-refractivity contribution < 1.29 is 9.53 Å². The van der Waals surface area contributed by atoms with Gasteiger partial charge in [-0.25, -0.2) is 0 Å². The monoisotopic (exact) mass is 243 g/mol. The minimum atomic E-state index is -0.201.